The van der Waals surface area contributed by atoms with Crippen LogP contribution in [-0.2, 0) is 0 Å². The number of rotatable bonds is 0. The van der Waals surface area contributed by atoms with Gasteiger partial charge in [-0.1, -0.05) is 72.1 Å². The van der Waals surface area contributed by atoms with E-state index in [-0.39, 0.29) is 0 Å². The lowest BCUT2D eigenvalue weighted by Gasteiger charge is -2.26. The summed E-state index contributed by atoms with van der Waals surface area (Å²) in [6.07, 6.45) is 0. The number of hydrogen-bond donors (Lipinski definition) is 0. The SMILES string of the molecule is c1ccc2c(c1)Sc1ccc3c4c(ccc-2c14)Sc1ccccc1-3. The predicted octanol–water partition coefficient (Wildman–Crippen LogP) is 7.10. The zero-order valence-corrected chi connectivity index (χ0v) is 14.4. The number of fused-ring (bicyclic) bond motifs is 4. The van der Waals surface area contributed by atoms with E-state index in [4.69, 9.17) is 0 Å². The Morgan fingerprint density at radius 2 is 0.833 bits per heavy atom. The molecule has 2 aliphatic heterocycles. The normalized spacial score (nSPS) is 13.5. The van der Waals surface area contributed by atoms with Crippen LogP contribution in [0.4, 0.5) is 0 Å². The fourth-order valence-electron chi connectivity index (χ4n) is 3.84. The fraction of sp³-hybridized carbons (Fsp3) is 0. The molecule has 0 aliphatic carbocycles. The van der Waals surface area contributed by atoms with Crippen molar-refractivity contribution in [3.8, 4) is 22.3 Å². The van der Waals surface area contributed by atoms with Gasteiger partial charge in [0, 0.05) is 30.4 Å². The lowest BCUT2D eigenvalue weighted by Crippen LogP contribution is -1.98. The summed E-state index contributed by atoms with van der Waals surface area (Å²) in [6.45, 7) is 0. The highest BCUT2D eigenvalue weighted by molar-refractivity contribution is 8.00. The summed E-state index contributed by atoms with van der Waals surface area (Å²) in [5, 5.41) is 2.85. The van der Waals surface area contributed by atoms with Crippen LogP contribution in [0.25, 0.3) is 33.0 Å². The van der Waals surface area contributed by atoms with Crippen molar-refractivity contribution in [2.75, 3.05) is 0 Å². The van der Waals surface area contributed by atoms with Gasteiger partial charge >= 0.3 is 0 Å². The molecule has 6 rings (SSSR count). The van der Waals surface area contributed by atoms with Gasteiger partial charge in [-0.3, -0.25) is 0 Å². The quantitative estimate of drug-likeness (QED) is 0.289. The van der Waals surface area contributed by atoms with Crippen LogP contribution in [0.5, 0.6) is 0 Å². The number of benzene rings is 4. The van der Waals surface area contributed by atoms with Crippen molar-refractivity contribution in [2.24, 2.45) is 0 Å². The predicted molar refractivity (Wildman–Crippen MR) is 103 cm³/mol. The highest BCUT2D eigenvalue weighted by atomic mass is 32.2. The highest BCUT2D eigenvalue weighted by Gasteiger charge is 2.25. The van der Waals surface area contributed by atoms with E-state index in [2.05, 4.69) is 72.8 Å². The second-order valence-electron chi connectivity index (χ2n) is 6.17. The maximum absolute atomic E-state index is 2.31. The van der Waals surface area contributed by atoms with Gasteiger partial charge in [0.15, 0.2) is 0 Å². The van der Waals surface area contributed by atoms with Gasteiger partial charge in [-0.25, -0.2) is 0 Å². The van der Waals surface area contributed by atoms with Crippen LogP contribution in [0.1, 0.15) is 0 Å². The van der Waals surface area contributed by atoms with Gasteiger partial charge in [-0.05, 0) is 46.5 Å². The second-order valence-corrected chi connectivity index (χ2v) is 8.34. The molecule has 0 bridgehead atoms. The molecule has 2 heterocycles. The van der Waals surface area contributed by atoms with Crippen LogP contribution < -0.4 is 0 Å². The van der Waals surface area contributed by atoms with Gasteiger partial charge in [0.2, 0.25) is 0 Å². The minimum absolute atomic E-state index is 1.36. The molecule has 2 heteroatoms. The van der Waals surface area contributed by atoms with E-state index in [1.165, 1.54) is 52.6 Å². The van der Waals surface area contributed by atoms with Crippen LogP contribution in [0, 0.1) is 0 Å². The van der Waals surface area contributed by atoms with E-state index in [1.54, 1.807) is 0 Å². The van der Waals surface area contributed by atoms with Crippen molar-refractivity contribution in [2.45, 2.75) is 19.6 Å². The summed E-state index contributed by atoms with van der Waals surface area (Å²) in [5.41, 5.74) is 5.48. The smallest absolute Gasteiger partial charge is 0.0208 e. The average Bonchev–Trinajstić information content (AvgIpc) is 2.65. The van der Waals surface area contributed by atoms with E-state index in [1.807, 2.05) is 23.5 Å². The van der Waals surface area contributed by atoms with Crippen molar-refractivity contribution in [1.29, 1.82) is 0 Å². The van der Waals surface area contributed by atoms with E-state index >= 15 is 0 Å². The first-order chi connectivity index (χ1) is 11.9. The van der Waals surface area contributed by atoms with E-state index in [9.17, 15) is 0 Å². The summed E-state index contributed by atoms with van der Waals surface area (Å²) in [4.78, 5) is 5.47. The number of hydrogen-bond acceptors (Lipinski definition) is 2. The van der Waals surface area contributed by atoms with Crippen molar-refractivity contribution in [1.82, 2.24) is 0 Å². The second kappa shape index (κ2) is 4.69. The molecule has 0 N–H and O–H groups in total. The van der Waals surface area contributed by atoms with Crippen molar-refractivity contribution in [3.05, 3.63) is 72.8 Å². The Morgan fingerprint density at radius 3 is 1.33 bits per heavy atom. The third-order valence-electron chi connectivity index (χ3n) is 4.88. The first kappa shape index (κ1) is 13.2. The van der Waals surface area contributed by atoms with Gasteiger partial charge < -0.3 is 0 Å². The third-order valence-corrected chi connectivity index (χ3v) is 7.15. The maximum atomic E-state index is 2.31. The molecule has 0 aromatic heterocycles. The molecular formula is C22H12S2. The van der Waals surface area contributed by atoms with Crippen LogP contribution in [-0.4, -0.2) is 0 Å². The van der Waals surface area contributed by atoms with Crippen LogP contribution >= 0.6 is 23.5 Å². The molecule has 4 aromatic rings. The van der Waals surface area contributed by atoms with Crippen LogP contribution in [0.3, 0.4) is 0 Å². The average molecular weight is 340 g/mol. The molecule has 4 aromatic carbocycles. The largest absolute Gasteiger partial charge is 0.0888 e. The summed E-state index contributed by atoms with van der Waals surface area (Å²) in [6, 6.07) is 26.7. The Kier molecular flexibility index (Phi) is 2.57. The Morgan fingerprint density at radius 1 is 0.375 bits per heavy atom. The van der Waals surface area contributed by atoms with Gasteiger partial charge in [-0.2, -0.15) is 0 Å². The maximum Gasteiger partial charge on any atom is 0.0208 e. The molecule has 0 spiro atoms. The molecule has 0 nitrogen and oxygen atoms in total. The molecule has 24 heavy (non-hydrogen) atoms. The Hall–Kier alpha value is -2.16. The first-order valence-corrected chi connectivity index (χ1v) is 9.68. The van der Waals surface area contributed by atoms with Crippen molar-refractivity contribution >= 4 is 34.3 Å². The molecule has 0 saturated carbocycles. The molecule has 0 fully saturated rings. The van der Waals surface area contributed by atoms with Gasteiger partial charge in [0.05, 0.1) is 0 Å². The summed E-state index contributed by atoms with van der Waals surface area (Å²) in [5.74, 6) is 0. The van der Waals surface area contributed by atoms with Crippen molar-refractivity contribution < 1.29 is 0 Å². The van der Waals surface area contributed by atoms with E-state index < -0.39 is 0 Å². The van der Waals surface area contributed by atoms with Crippen molar-refractivity contribution in [3.63, 3.8) is 0 Å². The van der Waals surface area contributed by atoms with Crippen LogP contribution in [0.15, 0.2) is 92.4 Å². The molecule has 112 valence electrons. The molecule has 0 amide bonds. The Bertz CT molecular complexity index is 1070. The Labute approximate surface area is 148 Å². The Balaban J connectivity index is 1.80. The zero-order chi connectivity index (χ0) is 15.7. The summed E-state index contributed by atoms with van der Waals surface area (Å²) >= 11 is 3.80. The molecule has 0 radical (unpaired) electrons. The highest BCUT2D eigenvalue weighted by Crippen LogP contribution is 2.55. The zero-order valence-electron chi connectivity index (χ0n) is 12.7. The van der Waals surface area contributed by atoms with Gasteiger partial charge in [-0.15, -0.1) is 0 Å². The fourth-order valence-corrected chi connectivity index (χ4v) is 6.09. The molecule has 0 atom stereocenters. The lowest BCUT2D eigenvalue weighted by atomic mass is 9.92. The van der Waals surface area contributed by atoms with Gasteiger partial charge in [0.1, 0.15) is 0 Å². The van der Waals surface area contributed by atoms with E-state index in [0.29, 0.717) is 0 Å². The minimum atomic E-state index is 1.36. The van der Waals surface area contributed by atoms with E-state index in [0.717, 1.165) is 0 Å². The molecule has 2 aliphatic rings. The van der Waals surface area contributed by atoms with Gasteiger partial charge in [0.25, 0.3) is 0 Å². The topological polar surface area (TPSA) is 0 Å². The summed E-state index contributed by atoms with van der Waals surface area (Å²) < 4.78 is 0. The monoisotopic (exact) mass is 340 g/mol. The van der Waals surface area contributed by atoms with Crippen LogP contribution in [0.2, 0.25) is 0 Å². The minimum Gasteiger partial charge on any atom is -0.0888 e. The first-order valence-electron chi connectivity index (χ1n) is 8.04. The molecular weight excluding hydrogens is 328 g/mol. The standard InChI is InChI=1S/C22H12S2/c1-3-7-17-13(5-1)15-9-11-20-22-16(10-12-19(23-17)21(15)22)14-6-2-4-8-18(14)24-20/h1-12H. The molecule has 0 unspecified atom stereocenters. The third kappa shape index (κ3) is 1.62. The summed E-state index contributed by atoms with van der Waals surface area (Å²) in [7, 11) is 0. The lowest BCUT2D eigenvalue weighted by molar-refractivity contribution is 1.35. The molecule has 0 saturated heterocycles.